The van der Waals surface area contributed by atoms with E-state index in [1.54, 1.807) is 11.8 Å². The van der Waals surface area contributed by atoms with Crippen LogP contribution in [0, 0.1) is 0 Å². The highest BCUT2D eigenvalue weighted by molar-refractivity contribution is 7.98. The first-order valence-corrected chi connectivity index (χ1v) is 7.08. The molecule has 1 atom stereocenters. The van der Waals surface area contributed by atoms with Crippen LogP contribution in [-0.4, -0.2) is 30.1 Å². The van der Waals surface area contributed by atoms with E-state index in [4.69, 9.17) is 10.5 Å². The van der Waals surface area contributed by atoms with Gasteiger partial charge in [0.2, 0.25) is 0 Å². The number of rotatable bonds is 5. The summed E-state index contributed by atoms with van der Waals surface area (Å²) in [6, 6.07) is -0.431. The van der Waals surface area contributed by atoms with Gasteiger partial charge in [0.25, 0.3) is 0 Å². The topological polar surface area (TPSA) is 52.3 Å². The zero-order valence-corrected chi connectivity index (χ0v) is 11.4. The van der Waals surface area contributed by atoms with Gasteiger partial charge in [0.1, 0.15) is 12.1 Å². The fraction of sp³-hybridized carbons (Fsp3) is 0.909. The minimum atomic E-state index is -0.431. The van der Waals surface area contributed by atoms with E-state index in [-0.39, 0.29) is 24.5 Å². The number of hydrogen-bond acceptors (Lipinski definition) is 4. The summed E-state index contributed by atoms with van der Waals surface area (Å²) < 4.78 is 5.38. The number of hydrogen-bond donors (Lipinski definition) is 1. The Morgan fingerprint density at radius 2 is 2.06 bits per heavy atom. The summed E-state index contributed by atoms with van der Waals surface area (Å²) in [5.74, 6) is 0.706. The lowest BCUT2D eigenvalue weighted by Crippen LogP contribution is -2.36. The first kappa shape index (κ1) is 16.1. The van der Waals surface area contributed by atoms with E-state index in [1.807, 2.05) is 6.26 Å². The second kappa shape index (κ2) is 9.14. The van der Waals surface area contributed by atoms with E-state index in [0.29, 0.717) is 6.42 Å². The predicted molar refractivity (Wildman–Crippen MR) is 71.2 cm³/mol. The molecule has 0 bridgehead atoms. The zero-order chi connectivity index (χ0) is 11.1. The number of thioether (sulfide) groups is 1. The van der Waals surface area contributed by atoms with Gasteiger partial charge in [-0.15, -0.1) is 12.4 Å². The molecule has 0 aromatic rings. The molecule has 0 aliphatic heterocycles. The second-order valence-corrected chi connectivity index (χ2v) is 5.07. The van der Waals surface area contributed by atoms with Crippen LogP contribution in [0.4, 0.5) is 0 Å². The Bertz CT molecular complexity index is 198. The summed E-state index contributed by atoms with van der Waals surface area (Å²) >= 11 is 1.71. The van der Waals surface area contributed by atoms with Crippen LogP contribution in [0.5, 0.6) is 0 Å². The van der Waals surface area contributed by atoms with Crippen LogP contribution < -0.4 is 5.73 Å². The summed E-state index contributed by atoms with van der Waals surface area (Å²) in [5.41, 5.74) is 5.73. The van der Waals surface area contributed by atoms with Gasteiger partial charge in [-0.3, -0.25) is 4.79 Å². The summed E-state index contributed by atoms with van der Waals surface area (Å²) in [6.45, 7) is 0. The van der Waals surface area contributed by atoms with Gasteiger partial charge in [-0.2, -0.15) is 11.8 Å². The van der Waals surface area contributed by atoms with Crippen molar-refractivity contribution in [1.29, 1.82) is 0 Å². The molecule has 0 aromatic heterocycles. The first-order valence-electron chi connectivity index (χ1n) is 5.69. The Hall–Kier alpha value is 0.0700. The Labute approximate surface area is 108 Å². The number of carbonyl (C=O) groups is 1. The average molecular weight is 268 g/mol. The number of ether oxygens (including phenoxy) is 1. The molecule has 0 spiro atoms. The smallest absolute Gasteiger partial charge is 0.323 e. The van der Waals surface area contributed by atoms with Gasteiger partial charge in [0, 0.05) is 0 Å². The van der Waals surface area contributed by atoms with Crippen molar-refractivity contribution in [3.05, 3.63) is 0 Å². The van der Waals surface area contributed by atoms with E-state index in [2.05, 4.69) is 0 Å². The maximum atomic E-state index is 11.6. The van der Waals surface area contributed by atoms with Gasteiger partial charge < -0.3 is 10.5 Å². The largest absolute Gasteiger partial charge is 0.461 e. The van der Waals surface area contributed by atoms with E-state index in [1.165, 1.54) is 19.3 Å². The van der Waals surface area contributed by atoms with Crippen LogP contribution >= 0.6 is 24.2 Å². The molecule has 0 aromatic carbocycles. The van der Waals surface area contributed by atoms with Gasteiger partial charge in [0.05, 0.1) is 0 Å². The van der Waals surface area contributed by atoms with Gasteiger partial charge in [-0.25, -0.2) is 0 Å². The molecular weight excluding hydrogens is 246 g/mol. The Kier molecular flexibility index (Phi) is 9.18. The molecule has 0 heterocycles. The van der Waals surface area contributed by atoms with Crippen molar-refractivity contribution < 1.29 is 9.53 Å². The fourth-order valence-electron chi connectivity index (χ4n) is 1.80. The average Bonchev–Trinajstić information content (AvgIpc) is 2.27. The molecule has 1 unspecified atom stereocenters. The number of carbonyl (C=O) groups excluding carboxylic acids is 1. The highest BCUT2D eigenvalue weighted by atomic mass is 35.5. The predicted octanol–water partition coefficient (Wildman–Crippen LogP) is 2.36. The summed E-state index contributed by atoms with van der Waals surface area (Å²) in [4.78, 5) is 11.6. The molecule has 1 aliphatic rings. The molecule has 1 fully saturated rings. The number of halogens is 1. The first-order chi connectivity index (χ1) is 7.24. The molecule has 16 heavy (non-hydrogen) atoms. The highest BCUT2D eigenvalue weighted by Crippen LogP contribution is 2.20. The Morgan fingerprint density at radius 3 is 2.62 bits per heavy atom. The molecule has 0 radical (unpaired) electrons. The molecule has 1 aliphatic carbocycles. The van der Waals surface area contributed by atoms with Crippen LogP contribution in [0.2, 0.25) is 0 Å². The normalized spacial score (nSPS) is 18.6. The van der Waals surface area contributed by atoms with Crippen molar-refractivity contribution in [3.8, 4) is 0 Å². The van der Waals surface area contributed by atoms with Gasteiger partial charge >= 0.3 is 5.97 Å². The number of esters is 1. The van der Waals surface area contributed by atoms with Crippen LogP contribution in [0.15, 0.2) is 0 Å². The zero-order valence-electron chi connectivity index (χ0n) is 9.81. The lowest BCUT2D eigenvalue weighted by atomic mass is 9.98. The van der Waals surface area contributed by atoms with Crippen molar-refractivity contribution in [2.24, 2.45) is 5.73 Å². The molecule has 2 N–H and O–H groups in total. The van der Waals surface area contributed by atoms with E-state index in [0.717, 1.165) is 18.6 Å². The molecule has 1 saturated carbocycles. The SMILES string of the molecule is CSCCC(N)C(=O)OC1CCCCC1.Cl. The minimum Gasteiger partial charge on any atom is -0.461 e. The third-order valence-corrected chi connectivity index (χ3v) is 3.41. The van der Waals surface area contributed by atoms with Crippen molar-refractivity contribution >= 4 is 30.1 Å². The van der Waals surface area contributed by atoms with Crippen LogP contribution in [0.1, 0.15) is 38.5 Å². The third-order valence-electron chi connectivity index (χ3n) is 2.77. The standard InChI is InChI=1S/C11H21NO2S.ClH/c1-15-8-7-10(12)11(13)14-9-5-3-2-4-6-9;/h9-10H,2-8,12H2,1H3;1H. The maximum absolute atomic E-state index is 11.6. The van der Waals surface area contributed by atoms with Crippen LogP contribution in [0.3, 0.4) is 0 Å². The van der Waals surface area contributed by atoms with E-state index >= 15 is 0 Å². The highest BCUT2D eigenvalue weighted by Gasteiger charge is 2.21. The molecule has 0 amide bonds. The Balaban J connectivity index is 0.00000225. The minimum absolute atomic E-state index is 0. The molecule has 0 saturated heterocycles. The van der Waals surface area contributed by atoms with Crippen molar-refractivity contribution in [2.75, 3.05) is 12.0 Å². The van der Waals surface area contributed by atoms with Gasteiger partial charge in [-0.05, 0) is 44.1 Å². The lowest BCUT2D eigenvalue weighted by Gasteiger charge is -2.23. The summed E-state index contributed by atoms with van der Waals surface area (Å²) in [6.07, 6.45) is 8.52. The van der Waals surface area contributed by atoms with Crippen molar-refractivity contribution in [3.63, 3.8) is 0 Å². The van der Waals surface area contributed by atoms with Crippen LogP contribution in [0.25, 0.3) is 0 Å². The van der Waals surface area contributed by atoms with E-state index in [9.17, 15) is 4.79 Å². The summed E-state index contributed by atoms with van der Waals surface area (Å²) in [7, 11) is 0. The van der Waals surface area contributed by atoms with E-state index < -0.39 is 6.04 Å². The van der Waals surface area contributed by atoms with Crippen molar-refractivity contribution in [1.82, 2.24) is 0 Å². The monoisotopic (exact) mass is 267 g/mol. The summed E-state index contributed by atoms with van der Waals surface area (Å²) in [5, 5.41) is 0. The quantitative estimate of drug-likeness (QED) is 0.777. The molecular formula is C11H22ClNO2S. The lowest BCUT2D eigenvalue weighted by molar-refractivity contribution is -0.152. The van der Waals surface area contributed by atoms with Crippen LogP contribution in [-0.2, 0) is 9.53 Å². The molecule has 5 heteroatoms. The van der Waals surface area contributed by atoms with Gasteiger partial charge in [0.15, 0.2) is 0 Å². The fourth-order valence-corrected chi connectivity index (χ4v) is 2.29. The molecule has 3 nitrogen and oxygen atoms in total. The number of nitrogens with two attached hydrogens (primary N) is 1. The maximum Gasteiger partial charge on any atom is 0.323 e. The Morgan fingerprint density at radius 1 is 1.44 bits per heavy atom. The van der Waals surface area contributed by atoms with Crippen molar-refractivity contribution in [2.45, 2.75) is 50.7 Å². The molecule has 1 rings (SSSR count). The second-order valence-electron chi connectivity index (χ2n) is 4.08. The molecule has 96 valence electrons. The van der Waals surface area contributed by atoms with Gasteiger partial charge in [-0.1, -0.05) is 6.42 Å². The third kappa shape index (κ3) is 5.97.